The van der Waals surface area contributed by atoms with Crippen LogP contribution in [0.4, 0.5) is 0 Å². The number of para-hydroxylation sites is 2. The minimum absolute atomic E-state index is 0.00242. The Hall–Kier alpha value is -7.21. The molecule has 8 aromatic carbocycles. The van der Waals surface area contributed by atoms with Gasteiger partial charge in [0.2, 0.25) is 0 Å². The maximum atomic E-state index is 9.18. The van der Waals surface area contributed by atoms with E-state index in [9.17, 15) is 2.74 Å². The van der Waals surface area contributed by atoms with Crippen molar-refractivity contribution in [2.45, 2.75) is 0 Å². The van der Waals surface area contributed by atoms with Gasteiger partial charge < -0.3 is 4.57 Å². The summed E-state index contributed by atoms with van der Waals surface area (Å²) in [5, 5.41) is 2.70. The molecule has 56 heavy (non-hydrogen) atoms. The van der Waals surface area contributed by atoms with Crippen LogP contribution in [0.3, 0.4) is 0 Å². The van der Waals surface area contributed by atoms with E-state index in [1.807, 2.05) is 103 Å². The molecule has 0 N–H and O–H groups in total. The average molecular weight is 739 g/mol. The smallest absolute Gasteiger partial charge is 0.164 e. The van der Waals surface area contributed by atoms with Crippen LogP contribution in [0.25, 0.3) is 104 Å². The molecule has 0 amide bonds. The summed E-state index contributed by atoms with van der Waals surface area (Å²) in [6, 6.07) is 50.7. The van der Waals surface area contributed by atoms with Crippen LogP contribution in [0.2, 0.25) is 0 Å². The third-order valence-corrected chi connectivity index (χ3v) is 11.5. The highest BCUT2D eigenvalue weighted by atomic mass is 32.1. The highest BCUT2D eigenvalue weighted by Crippen LogP contribution is 2.44. The number of rotatable bonds is 6. The molecule has 0 saturated carbocycles. The molecule has 0 saturated heterocycles. The van der Waals surface area contributed by atoms with Crippen molar-refractivity contribution in [3.63, 3.8) is 0 Å². The number of fused-ring (bicyclic) bond motifs is 6. The van der Waals surface area contributed by atoms with Gasteiger partial charge in [0.15, 0.2) is 17.5 Å². The fourth-order valence-corrected chi connectivity index (χ4v) is 8.82. The van der Waals surface area contributed by atoms with Crippen LogP contribution in [0.5, 0.6) is 0 Å². The molecule has 11 rings (SSSR count). The summed E-state index contributed by atoms with van der Waals surface area (Å²) < 4.78 is 57.5. The average Bonchev–Trinajstić information content (AvgIpc) is 3.88. The monoisotopic (exact) mass is 738 g/mol. The van der Waals surface area contributed by atoms with Crippen molar-refractivity contribution >= 4 is 53.3 Å². The van der Waals surface area contributed by atoms with Gasteiger partial charge >= 0.3 is 0 Å². The molecule has 262 valence electrons. The molecule has 0 spiro atoms. The molecule has 0 aliphatic carbocycles. The van der Waals surface area contributed by atoms with E-state index < -0.39 is 0 Å². The van der Waals surface area contributed by atoms with Crippen molar-refractivity contribution < 1.29 is 8.22 Å². The fourth-order valence-electron chi connectivity index (χ4n) is 7.59. The number of thiophene rings is 1. The van der Waals surface area contributed by atoms with Crippen LogP contribution in [-0.4, -0.2) is 19.5 Å². The molecule has 5 heteroatoms. The lowest BCUT2D eigenvalue weighted by Gasteiger charge is -2.17. The first-order chi connectivity index (χ1) is 30.2. The summed E-state index contributed by atoms with van der Waals surface area (Å²) in [5.41, 5.74) is 7.52. The van der Waals surface area contributed by atoms with Gasteiger partial charge in [0.25, 0.3) is 0 Å². The second-order valence-corrected chi connectivity index (χ2v) is 14.6. The molecule has 0 radical (unpaired) electrons. The Morgan fingerprint density at radius 1 is 0.411 bits per heavy atom. The van der Waals surface area contributed by atoms with E-state index in [1.54, 1.807) is 15.9 Å². The first-order valence-corrected chi connectivity index (χ1v) is 19.1. The lowest BCUT2D eigenvalue weighted by molar-refractivity contribution is 1.07. The summed E-state index contributed by atoms with van der Waals surface area (Å²) in [4.78, 5) is 14.7. The van der Waals surface area contributed by atoms with Gasteiger partial charge in [-0.2, -0.15) is 0 Å². The standard InChI is InChI=1S/C51H32N4S/c1-3-14-34(15-4-1)49-52-50(35-16-5-2-6-17-35)54-51(53-49)36-28-26-33(27-29-36)37-30-31-46(55-44-23-10-7-18-38(44)39-19-8-11-24-45(39)55)43(32-37)42-22-13-21-41-40-20-9-12-25-47(40)56-48(41)42/h1-32H/i7D,8D,18D,19D,23D,24D. The number of hydrogen-bond acceptors (Lipinski definition) is 4. The van der Waals surface area contributed by atoms with Gasteiger partial charge in [-0.25, -0.2) is 15.0 Å². The Morgan fingerprint density at radius 3 is 1.59 bits per heavy atom. The molecule has 0 aliphatic rings. The van der Waals surface area contributed by atoms with E-state index in [-0.39, 0.29) is 47.0 Å². The Bertz CT molecular complexity index is 3460. The molecular formula is C51H32N4S. The second-order valence-electron chi connectivity index (χ2n) is 13.5. The van der Waals surface area contributed by atoms with Crippen molar-refractivity contribution in [2.75, 3.05) is 0 Å². The zero-order valence-corrected chi connectivity index (χ0v) is 30.5. The molecule has 0 aliphatic heterocycles. The molecule has 0 bridgehead atoms. The molecule has 4 nitrogen and oxygen atoms in total. The number of aromatic nitrogens is 4. The van der Waals surface area contributed by atoms with Crippen LogP contribution in [-0.2, 0) is 0 Å². The van der Waals surface area contributed by atoms with Gasteiger partial charge in [0.1, 0.15) is 0 Å². The largest absolute Gasteiger partial charge is 0.309 e. The molecule has 3 heterocycles. The minimum Gasteiger partial charge on any atom is -0.309 e. The summed E-state index contributed by atoms with van der Waals surface area (Å²) in [5.74, 6) is 1.72. The predicted molar refractivity (Wildman–Crippen MR) is 234 cm³/mol. The summed E-state index contributed by atoms with van der Waals surface area (Å²) in [6.07, 6.45) is 0. The Balaban J connectivity index is 1.13. The Labute approximate surface area is 336 Å². The highest BCUT2D eigenvalue weighted by molar-refractivity contribution is 7.26. The summed E-state index contributed by atoms with van der Waals surface area (Å²) in [6.45, 7) is 0. The van der Waals surface area contributed by atoms with Gasteiger partial charge in [-0.3, -0.25) is 0 Å². The fraction of sp³-hybridized carbons (Fsp3) is 0. The maximum absolute atomic E-state index is 9.18. The zero-order chi connectivity index (χ0) is 42.2. The lowest BCUT2D eigenvalue weighted by Crippen LogP contribution is -2.00. The molecule has 0 atom stereocenters. The van der Waals surface area contributed by atoms with E-state index in [0.29, 0.717) is 34.2 Å². The van der Waals surface area contributed by atoms with Crippen molar-refractivity contribution in [3.8, 4) is 62.1 Å². The lowest BCUT2D eigenvalue weighted by atomic mass is 9.95. The topological polar surface area (TPSA) is 43.6 Å². The minimum atomic E-state index is -0.151. The maximum Gasteiger partial charge on any atom is 0.164 e. The molecule has 11 aromatic rings. The zero-order valence-electron chi connectivity index (χ0n) is 35.7. The first kappa shape index (κ1) is 26.5. The van der Waals surface area contributed by atoms with E-state index in [0.717, 1.165) is 59.1 Å². The quantitative estimate of drug-likeness (QED) is 0.171. The van der Waals surface area contributed by atoms with Crippen molar-refractivity contribution in [3.05, 3.63) is 194 Å². The molecular weight excluding hydrogens is 701 g/mol. The molecule has 0 fully saturated rings. The van der Waals surface area contributed by atoms with E-state index in [2.05, 4.69) is 42.5 Å². The van der Waals surface area contributed by atoms with Crippen molar-refractivity contribution in [2.24, 2.45) is 0 Å². The first-order valence-electron chi connectivity index (χ1n) is 21.3. The molecule has 0 unspecified atom stereocenters. The van der Waals surface area contributed by atoms with Gasteiger partial charge in [-0.15, -0.1) is 11.3 Å². The van der Waals surface area contributed by atoms with Crippen LogP contribution in [0.1, 0.15) is 8.22 Å². The Morgan fingerprint density at radius 2 is 0.946 bits per heavy atom. The van der Waals surface area contributed by atoms with E-state index >= 15 is 0 Å². The third-order valence-electron chi connectivity index (χ3n) is 10.2. The van der Waals surface area contributed by atoms with E-state index in [1.165, 1.54) is 12.1 Å². The van der Waals surface area contributed by atoms with Crippen LogP contribution in [0, 0.1) is 0 Å². The Kier molecular flexibility index (Phi) is 6.29. The summed E-state index contributed by atoms with van der Waals surface area (Å²) in [7, 11) is 0. The second kappa shape index (κ2) is 13.3. The number of benzene rings is 8. The van der Waals surface area contributed by atoms with Gasteiger partial charge in [-0.1, -0.05) is 164 Å². The predicted octanol–water partition coefficient (Wildman–Crippen LogP) is 13.7. The van der Waals surface area contributed by atoms with Crippen molar-refractivity contribution in [1.82, 2.24) is 19.5 Å². The van der Waals surface area contributed by atoms with Gasteiger partial charge in [0, 0.05) is 58.8 Å². The summed E-state index contributed by atoms with van der Waals surface area (Å²) >= 11 is 1.70. The van der Waals surface area contributed by atoms with Crippen molar-refractivity contribution in [1.29, 1.82) is 0 Å². The van der Waals surface area contributed by atoms with Crippen LogP contribution >= 0.6 is 11.3 Å². The SMILES string of the molecule is [2H]c1cc([2H])c2c(c1[2H])c1c([2H])c([2H])cc([2H])c1n2-c1ccc(-c2ccc(-c3nc(-c4ccccc4)nc(-c4ccccc4)n3)cc2)cc1-c1cccc2c1sc1ccccc12. The normalized spacial score (nSPS) is 13.1. The van der Waals surface area contributed by atoms with Crippen LogP contribution < -0.4 is 0 Å². The van der Waals surface area contributed by atoms with Gasteiger partial charge in [-0.05, 0) is 41.4 Å². The number of nitrogens with zero attached hydrogens (tertiary/aromatic N) is 4. The van der Waals surface area contributed by atoms with E-state index in [4.69, 9.17) is 20.4 Å². The highest BCUT2D eigenvalue weighted by Gasteiger charge is 2.19. The molecule has 3 aromatic heterocycles. The van der Waals surface area contributed by atoms with Crippen LogP contribution in [0.15, 0.2) is 194 Å². The van der Waals surface area contributed by atoms with Gasteiger partial charge in [0.05, 0.1) is 24.9 Å². The third kappa shape index (κ3) is 5.40. The number of hydrogen-bond donors (Lipinski definition) is 0.